The molecule has 0 aliphatic rings. The number of aryl methyl sites for hydroxylation is 1. The molecule has 1 atom stereocenters. The van der Waals surface area contributed by atoms with Crippen molar-refractivity contribution >= 4 is 29.1 Å². The molecule has 0 radical (unpaired) electrons. The topological polar surface area (TPSA) is 100 Å². The zero-order chi connectivity index (χ0) is 20.6. The Morgan fingerprint density at radius 3 is 2.57 bits per heavy atom. The molecule has 2 aromatic heterocycles. The van der Waals surface area contributed by atoms with E-state index in [4.69, 9.17) is 39.1 Å². The molecule has 3 rings (SSSR count). The summed E-state index contributed by atoms with van der Waals surface area (Å²) < 4.78 is 33.7. The molecule has 1 amide bonds. The summed E-state index contributed by atoms with van der Waals surface area (Å²) in [6.45, 7) is 0.0532. The lowest BCUT2D eigenvalue weighted by Crippen LogP contribution is -2.20. The fourth-order valence-corrected chi connectivity index (χ4v) is 3.68. The van der Waals surface area contributed by atoms with Crippen molar-refractivity contribution in [3.05, 3.63) is 63.2 Å². The number of benzene rings is 1. The normalized spacial score (nSPS) is 12.4. The van der Waals surface area contributed by atoms with Crippen LogP contribution in [0.5, 0.6) is 0 Å². The summed E-state index contributed by atoms with van der Waals surface area (Å²) in [7, 11) is 1.64. The van der Waals surface area contributed by atoms with Crippen LogP contribution in [-0.4, -0.2) is 22.2 Å². The third-order valence-electron chi connectivity index (χ3n) is 4.42. The van der Waals surface area contributed by atoms with Gasteiger partial charge in [-0.2, -0.15) is 5.10 Å². The molecule has 1 aromatic carbocycles. The van der Waals surface area contributed by atoms with Crippen molar-refractivity contribution in [2.24, 2.45) is 18.5 Å². The van der Waals surface area contributed by atoms with Crippen LogP contribution in [0.1, 0.15) is 27.6 Å². The van der Waals surface area contributed by atoms with Gasteiger partial charge >= 0.3 is 0 Å². The van der Waals surface area contributed by atoms with E-state index in [1.54, 1.807) is 7.05 Å². The van der Waals surface area contributed by atoms with Crippen molar-refractivity contribution in [2.45, 2.75) is 12.3 Å². The number of primary amides is 1. The van der Waals surface area contributed by atoms with Crippen LogP contribution in [0, 0.1) is 11.6 Å². The third kappa shape index (κ3) is 3.63. The number of carbonyl (C=O) groups is 1. The summed E-state index contributed by atoms with van der Waals surface area (Å²) in [4.78, 5) is 12.0. The molecule has 148 valence electrons. The van der Waals surface area contributed by atoms with E-state index in [-0.39, 0.29) is 29.0 Å². The van der Waals surface area contributed by atoms with E-state index in [2.05, 4.69) is 5.10 Å². The molecule has 0 saturated heterocycles. The SMILES string of the molecule is Cn1ncc(Cl)c1-c1c(Cl)oc(C(N)=O)c1[C@@H](CN)Cc1ccc(F)c(F)c1. The highest BCUT2D eigenvalue weighted by molar-refractivity contribution is 6.35. The maximum absolute atomic E-state index is 13.6. The van der Waals surface area contributed by atoms with Crippen LogP contribution in [0.2, 0.25) is 10.2 Å². The van der Waals surface area contributed by atoms with Gasteiger partial charge in [0.25, 0.3) is 5.91 Å². The highest BCUT2D eigenvalue weighted by atomic mass is 35.5. The van der Waals surface area contributed by atoms with Crippen molar-refractivity contribution in [1.29, 1.82) is 0 Å². The van der Waals surface area contributed by atoms with Gasteiger partial charge in [-0.15, -0.1) is 0 Å². The van der Waals surface area contributed by atoms with Gasteiger partial charge in [-0.05, 0) is 42.3 Å². The molecule has 0 aliphatic heterocycles. The molecule has 0 bridgehead atoms. The highest BCUT2D eigenvalue weighted by Gasteiger charge is 2.31. The number of nitrogens with zero attached hydrogens (tertiary/aromatic N) is 2. The summed E-state index contributed by atoms with van der Waals surface area (Å²) in [6.07, 6.45) is 1.60. The number of furan rings is 1. The van der Waals surface area contributed by atoms with Gasteiger partial charge in [0.05, 0.1) is 22.5 Å². The Kier molecular flexibility index (Phi) is 5.74. The minimum atomic E-state index is -0.983. The standard InChI is InChI=1S/C18H16Cl2F2N4O2/c1-26-15(10(19)7-25-26)14-13(16(18(24)27)28-17(14)20)9(6-23)4-8-2-3-11(21)12(22)5-8/h2-3,5,7,9H,4,6,23H2,1H3,(H2,24,27)/t9-/m1/s1. The van der Waals surface area contributed by atoms with Crippen LogP contribution in [0.15, 0.2) is 28.8 Å². The summed E-state index contributed by atoms with van der Waals surface area (Å²) in [6, 6.07) is 3.53. The number of rotatable bonds is 6. The molecule has 28 heavy (non-hydrogen) atoms. The molecule has 0 aliphatic carbocycles. The molecule has 10 heteroatoms. The second-order valence-electron chi connectivity index (χ2n) is 6.21. The number of halogens is 4. The quantitative estimate of drug-likeness (QED) is 0.625. The van der Waals surface area contributed by atoms with E-state index in [1.807, 2.05) is 0 Å². The first-order chi connectivity index (χ1) is 13.2. The maximum atomic E-state index is 13.6. The molecule has 3 aromatic rings. The zero-order valence-electron chi connectivity index (χ0n) is 14.7. The summed E-state index contributed by atoms with van der Waals surface area (Å²) in [5, 5.41) is 4.25. The van der Waals surface area contributed by atoms with E-state index in [0.717, 1.165) is 12.1 Å². The number of carbonyl (C=O) groups excluding carboxylic acids is 1. The van der Waals surface area contributed by atoms with Crippen molar-refractivity contribution in [1.82, 2.24) is 9.78 Å². The van der Waals surface area contributed by atoms with Gasteiger partial charge in [-0.3, -0.25) is 9.48 Å². The Balaban J connectivity index is 2.17. The van der Waals surface area contributed by atoms with Crippen LogP contribution in [0.3, 0.4) is 0 Å². The average Bonchev–Trinajstić information content (AvgIpc) is 3.15. The van der Waals surface area contributed by atoms with Crippen molar-refractivity contribution < 1.29 is 18.0 Å². The molecule has 4 N–H and O–H groups in total. The molecular formula is C18H16Cl2F2N4O2. The molecular weight excluding hydrogens is 413 g/mol. The monoisotopic (exact) mass is 428 g/mol. The van der Waals surface area contributed by atoms with E-state index in [0.29, 0.717) is 22.4 Å². The van der Waals surface area contributed by atoms with Crippen molar-refractivity contribution in [3.8, 4) is 11.3 Å². The van der Waals surface area contributed by atoms with Crippen LogP contribution in [0.25, 0.3) is 11.3 Å². The number of aromatic nitrogens is 2. The minimum absolute atomic E-state index is 0.0532. The van der Waals surface area contributed by atoms with E-state index < -0.39 is 23.5 Å². The fourth-order valence-electron chi connectivity index (χ4n) is 3.15. The maximum Gasteiger partial charge on any atom is 0.284 e. The van der Waals surface area contributed by atoms with Crippen LogP contribution < -0.4 is 11.5 Å². The van der Waals surface area contributed by atoms with Crippen LogP contribution in [0.4, 0.5) is 8.78 Å². The Labute approximate surface area is 169 Å². The number of amides is 1. The summed E-state index contributed by atoms with van der Waals surface area (Å²) in [5.74, 6) is -3.49. The number of hydrogen-bond acceptors (Lipinski definition) is 4. The van der Waals surface area contributed by atoms with Crippen molar-refractivity contribution in [3.63, 3.8) is 0 Å². The van der Waals surface area contributed by atoms with Crippen molar-refractivity contribution in [2.75, 3.05) is 6.54 Å². The molecule has 0 saturated carbocycles. The zero-order valence-corrected chi connectivity index (χ0v) is 16.2. The number of nitrogens with two attached hydrogens (primary N) is 2. The average molecular weight is 429 g/mol. The third-order valence-corrected chi connectivity index (χ3v) is 4.96. The van der Waals surface area contributed by atoms with E-state index in [1.165, 1.54) is 16.9 Å². The fraction of sp³-hybridized carbons (Fsp3) is 0.222. The Hall–Kier alpha value is -2.42. The Morgan fingerprint density at radius 1 is 1.32 bits per heavy atom. The predicted octanol–water partition coefficient (Wildman–Crippen LogP) is 3.65. The van der Waals surface area contributed by atoms with E-state index >= 15 is 0 Å². The number of hydrogen-bond donors (Lipinski definition) is 2. The van der Waals surface area contributed by atoms with Crippen LogP contribution in [-0.2, 0) is 13.5 Å². The molecule has 0 spiro atoms. The molecule has 2 heterocycles. The van der Waals surface area contributed by atoms with Gasteiger partial charge in [-0.25, -0.2) is 8.78 Å². The molecule has 0 fully saturated rings. The molecule has 6 nitrogen and oxygen atoms in total. The first-order valence-electron chi connectivity index (χ1n) is 8.18. The first kappa shape index (κ1) is 20.3. The lowest BCUT2D eigenvalue weighted by Gasteiger charge is -2.17. The lowest BCUT2D eigenvalue weighted by atomic mass is 9.88. The second kappa shape index (κ2) is 7.90. The van der Waals surface area contributed by atoms with Gasteiger partial charge in [-0.1, -0.05) is 17.7 Å². The largest absolute Gasteiger partial charge is 0.438 e. The first-order valence-corrected chi connectivity index (χ1v) is 8.94. The van der Waals surface area contributed by atoms with Gasteiger partial charge in [0.1, 0.15) is 0 Å². The van der Waals surface area contributed by atoms with Gasteiger partial charge in [0.15, 0.2) is 17.4 Å². The summed E-state index contributed by atoms with van der Waals surface area (Å²) >= 11 is 12.5. The Morgan fingerprint density at radius 2 is 2.04 bits per heavy atom. The second-order valence-corrected chi connectivity index (χ2v) is 6.96. The highest BCUT2D eigenvalue weighted by Crippen LogP contribution is 2.43. The van der Waals surface area contributed by atoms with Gasteiger partial charge in [0, 0.05) is 18.5 Å². The predicted molar refractivity (Wildman–Crippen MR) is 101 cm³/mol. The Bertz CT molecular complexity index is 1030. The van der Waals surface area contributed by atoms with Gasteiger partial charge < -0.3 is 15.9 Å². The minimum Gasteiger partial charge on any atom is -0.438 e. The van der Waals surface area contributed by atoms with Crippen LogP contribution >= 0.6 is 23.2 Å². The van der Waals surface area contributed by atoms with E-state index in [9.17, 15) is 13.6 Å². The molecule has 0 unspecified atom stereocenters. The summed E-state index contributed by atoms with van der Waals surface area (Å²) in [5.41, 5.74) is 13.0. The van der Waals surface area contributed by atoms with Gasteiger partial charge in [0.2, 0.25) is 5.22 Å². The smallest absolute Gasteiger partial charge is 0.284 e. The lowest BCUT2D eigenvalue weighted by molar-refractivity contribution is 0.0972.